The average molecular weight is 428 g/mol. The van der Waals surface area contributed by atoms with E-state index >= 15 is 0 Å². The molecule has 8 nitrogen and oxygen atoms in total. The van der Waals surface area contributed by atoms with E-state index in [0.717, 1.165) is 29.6 Å². The Morgan fingerprint density at radius 1 is 0.938 bits per heavy atom. The van der Waals surface area contributed by atoms with Crippen LogP contribution in [-0.2, 0) is 0 Å². The third kappa shape index (κ3) is 3.67. The molecule has 0 saturated carbocycles. The van der Waals surface area contributed by atoms with Gasteiger partial charge in [0.15, 0.2) is 5.65 Å². The van der Waals surface area contributed by atoms with Gasteiger partial charge in [-0.3, -0.25) is 4.40 Å². The summed E-state index contributed by atoms with van der Waals surface area (Å²) in [7, 11) is 0. The summed E-state index contributed by atoms with van der Waals surface area (Å²) in [6.07, 6.45) is 9.56. The summed E-state index contributed by atoms with van der Waals surface area (Å²) >= 11 is 0. The van der Waals surface area contributed by atoms with Gasteiger partial charge in [0, 0.05) is 29.9 Å². The molecule has 6 rings (SSSR count). The van der Waals surface area contributed by atoms with Crippen LogP contribution in [0.25, 0.3) is 28.0 Å². The standard InChI is InChI=1S/C24H24N6O2/c31-22-10-15(16-5-8-23-28-25-14-30(23)13-16)4-6-20(22)21-7-9-24(29-27-21)32-19-11-17-2-1-3-18(12-19)26-17/h4-10,13-14,17-19,26,31H,1-3,11-12H2. The third-order valence-corrected chi connectivity index (χ3v) is 6.50. The summed E-state index contributed by atoms with van der Waals surface area (Å²) in [6, 6.07) is 14.2. The van der Waals surface area contributed by atoms with Crippen molar-refractivity contribution in [2.75, 3.05) is 0 Å². The van der Waals surface area contributed by atoms with Crippen molar-refractivity contribution >= 4 is 5.65 Å². The summed E-state index contributed by atoms with van der Waals surface area (Å²) < 4.78 is 7.98. The number of aromatic nitrogens is 5. The number of phenolic OH excluding ortho intramolecular Hbond substituents is 1. The SMILES string of the molecule is Oc1cc(-c2ccc3nncn3c2)ccc1-c1ccc(OC2CC3CCCC(C2)N3)nn1. The summed E-state index contributed by atoms with van der Waals surface area (Å²) in [5.74, 6) is 0.692. The molecule has 0 amide bonds. The van der Waals surface area contributed by atoms with Crippen LogP contribution in [0.5, 0.6) is 11.6 Å². The van der Waals surface area contributed by atoms with E-state index in [-0.39, 0.29) is 11.9 Å². The van der Waals surface area contributed by atoms with Crippen molar-refractivity contribution in [3.63, 3.8) is 0 Å². The molecular weight excluding hydrogens is 404 g/mol. The van der Waals surface area contributed by atoms with Crippen molar-refractivity contribution in [1.82, 2.24) is 30.1 Å². The maximum Gasteiger partial charge on any atom is 0.233 e. The molecule has 2 saturated heterocycles. The van der Waals surface area contributed by atoms with Crippen molar-refractivity contribution in [1.29, 1.82) is 0 Å². The fraction of sp³-hybridized carbons (Fsp3) is 0.333. The van der Waals surface area contributed by atoms with Gasteiger partial charge >= 0.3 is 0 Å². The van der Waals surface area contributed by atoms with Crippen molar-refractivity contribution in [3.8, 4) is 34.0 Å². The highest BCUT2D eigenvalue weighted by Crippen LogP contribution is 2.33. The molecule has 0 spiro atoms. The highest BCUT2D eigenvalue weighted by molar-refractivity contribution is 5.74. The van der Waals surface area contributed by atoms with Crippen molar-refractivity contribution in [2.24, 2.45) is 0 Å². The minimum atomic E-state index is 0.153. The molecule has 2 aliphatic heterocycles. The van der Waals surface area contributed by atoms with Gasteiger partial charge in [0.25, 0.3) is 0 Å². The Hall–Kier alpha value is -3.52. The van der Waals surface area contributed by atoms with Crippen LogP contribution in [-0.4, -0.2) is 48.1 Å². The molecule has 1 aromatic carbocycles. The van der Waals surface area contributed by atoms with Gasteiger partial charge in [0.05, 0.1) is 5.69 Å². The molecule has 8 heteroatoms. The van der Waals surface area contributed by atoms with Gasteiger partial charge in [-0.25, -0.2) is 0 Å². The lowest BCUT2D eigenvalue weighted by atomic mass is 9.85. The molecule has 2 N–H and O–H groups in total. The number of pyridine rings is 1. The molecule has 2 bridgehead atoms. The minimum absolute atomic E-state index is 0.153. The van der Waals surface area contributed by atoms with Crippen LogP contribution in [0.1, 0.15) is 32.1 Å². The van der Waals surface area contributed by atoms with E-state index in [2.05, 4.69) is 25.7 Å². The molecular formula is C24H24N6O2. The van der Waals surface area contributed by atoms with Gasteiger partial charge in [-0.1, -0.05) is 12.5 Å². The van der Waals surface area contributed by atoms with Crippen LogP contribution in [0.3, 0.4) is 0 Å². The zero-order valence-electron chi connectivity index (χ0n) is 17.6. The van der Waals surface area contributed by atoms with Crippen molar-refractivity contribution < 1.29 is 9.84 Å². The maximum atomic E-state index is 10.7. The second kappa shape index (κ2) is 7.87. The van der Waals surface area contributed by atoms with Crippen LogP contribution in [0.4, 0.5) is 0 Å². The number of rotatable bonds is 4. The van der Waals surface area contributed by atoms with E-state index in [9.17, 15) is 5.11 Å². The predicted octanol–water partition coefficient (Wildman–Crippen LogP) is 3.61. The van der Waals surface area contributed by atoms with Gasteiger partial charge in [-0.2, -0.15) is 0 Å². The highest BCUT2D eigenvalue weighted by atomic mass is 16.5. The first-order valence-electron chi connectivity index (χ1n) is 11.1. The van der Waals surface area contributed by atoms with Crippen LogP contribution >= 0.6 is 0 Å². The van der Waals surface area contributed by atoms with Crippen LogP contribution in [0.15, 0.2) is 55.0 Å². The van der Waals surface area contributed by atoms with E-state index in [1.807, 2.05) is 47.0 Å². The van der Waals surface area contributed by atoms with Crippen molar-refractivity contribution in [3.05, 3.63) is 55.0 Å². The first-order chi connectivity index (χ1) is 15.7. The quantitative estimate of drug-likeness (QED) is 0.512. The van der Waals surface area contributed by atoms with Crippen molar-refractivity contribution in [2.45, 2.75) is 50.3 Å². The van der Waals surface area contributed by atoms with E-state index in [1.54, 1.807) is 12.4 Å². The van der Waals surface area contributed by atoms with Gasteiger partial charge in [0.1, 0.15) is 18.2 Å². The summed E-state index contributed by atoms with van der Waals surface area (Å²) in [6.45, 7) is 0. The number of nitrogens with one attached hydrogen (secondary N) is 1. The lowest BCUT2D eigenvalue weighted by Crippen LogP contribution is -2.51. The second-order valence-corrected chi connectivity index (χ2v) is 8.71. The minimum Gasteiger partial charge on any atom is -0.507 e. The van der Waals surface area contributed by atoms with E-state index in [1.165, 1.54) is 19.3 Å². The number of hydrogen-bond acceptors (Lipinski definition) is 7. The number of phenols is 1. The molecule has 2 unspecified atom stereocenters. The average Bonchev–Trinajstić information content (AvgIpc) is 3.27. The number of hydrogen-bond donors (Lipinski definition) is 2. The first kappa shape index (κ1) is 19.2. The predicted molar refractivity (Wildman–Crippen MR) is 119 cm³/mol. The fourth-order valence-electron chi connectivity index (χ4n) is 4.93. The van der Waals surface area contributed by atoms with Crippen LogP contribution in [0.2, 0.25) is 0 Å². The zero-order valence-corrected chi connectivity index (χ0v) is 17.6. The second-order valence-electron chi connectivity index (χ2n) is 8.71. The molecule has 4 aromatic rings. The van der Waals surface area contributed by atoms with Crippen LogP contribution < -0.4 is 10.1 Å². The number of benzene rings is 1. The smallest absolute Gasteiger partial charge is 0.233 e. The highest BCUT2D eigenvalue weighted by Gasteiger charge is 2.32. The molecule has 2 aliphatic rings. The molecule has 0 radical (unpaired) electrons. The summed E-state index contributed by atoms with van der Waals surface area (Å²) in [5.41, 5.74) is 3.87. The maximum absolute atomic E-state index is 10.7. The Bertz CT molecular complexity index is 1240. The molecule has 2 fully saturated rings. The van der Waals surface area contributed by atoms with Gasteiger partial charge in [-0.15, -0.1) is 20.4 Å². The normalized spacial score (nSPS) is 22.7. The van der Waals surface area contributed by atoms with Gasteiger partial charge in [0.2, 0.25) is 5.88 Å². The lowest BCUT2D eigenvalue weighted by molar-refractivity contribution is 0.0881. The van der Waals surface area contributed by atoms with E-state index < -0.39 is 0 Å². The molecule has 5 heterocycles. The molecule has 162 valence electrons. The third-order valence-electron chi connectivity index (χ3n) is 6.50. The largest absolute Gasteiger partial charge is 0.507 e. The first-order valence-corrected chi connectivity index (χ1v) is 11.1. The lowest BCUT2D eigenvalue weighted by Gasteiger charge is -2.39. The van der Waals surface area contributed by atoms with E-state index in [4.69, 9.17) is 4.74 Å². The number of ether oxygens (including phenoxy) is 1. The Balaban J connectivity index is 1.19. The Kier molecular flexibility index (Phi) is 4.72. The topological polar surface area (TPSA) is 97.5 Å². The fourth-order valence-corrected chi connectivity index (χ4v) is 4.93. The molecule has 32 heavy (non-hydrogen) atoms. The monoisotopic (exact) mass is 428 g/mol. The molecule has 2 atom stereocenters. The number of aromatic hydroxyl groups is 1. The molecule has 0 aliphatic carbocycles. The number of piperidine rings is 2. The van der Waals surface area contributed by atoms with E-state index in [0.29, 0.717) is 29.2 Å². The Morgan fingerprint density at radius 3 is 2.56 bits per heavy atom. The number of nitrogens with zero attached hydrogens (tertiary/aromatic N) is 5. The van der Waals surface area contributed by atoms with Gasteiger partial charge in [-0.05, 0) is 67.1 Å². The van der Waals surface area contributed by atoms with Gasteiger partial charge < -0.3 is 15.2 Å². The zero-order chi connectivity index (χ0) is 21.5. The summed E-state index contributed by atoms with van der Waals surface area (Å²) in [5, 5.41) is 30.8. The Labute approximate surface area is 185 Å². The van der Waals surface area contributed by atoms with Crippen LogP contribution in [0, 0.1) is 0 Å². The summed E-state index contributed by atoms with van der Waals surface area (Å²) in [4.78, 5) is 0. The molecule has 3 aromatic heterocycles. The Morgan fingerprint density at radius 2 is 1.78 bits per heavy atom. The number of fused-ring (bicyclic) bond motifs is 3.